The summed E-state index contributed by atoms with van der Waals surface area (Å²) in [7, 11) is 0. The number of hydrogen-bond acceptors (Lipinski definition) is 3. The van der Waals surface area contributed by atoms with Crippen LogP contribution in [0.15, 0.2) is 48.5 Å². The van der Waals surface area contributed by atoms with Gasteiger partial charge in [0.2, 0.25) is 5.91 Å². The van der Waals surface area contributed by atoms with Crippen molar-refractivity contribution in [2.45, 2.75) is 13.5 Å². The van der Waals surface area contributed by atoms with Gasteiger partial charge in [0, 0.05) is 5.69 Å². The second-order valence-electron chi connectivity index (χ2n) is 4.97. The fourth-order valence-corrected chi connectivity index (χ4v) is 2.41. The molecule has 5 heteroatoms. The summed E-state index contributed by atoms with van der Waals surface area (Å²) in [5, 5.41) is 11.7. The monoisotopic (exact) mass is 290 g/mol. The summed E-state index contributed by atoms with van der Waals surface area (Å²) in [5.74, 6) is 0.642. The molecule has 5 nitrogen and oxygen atoms in total. The molecule has 2 aromatic carbocycles. The van der Waals surface area contributed by atoms with Crippen LogP contribution in [0.2, 0.25) is 0 Å². The molecule has 0 atom stereocenters. The summed E-state index contributed by atoms with van der Waals surface area (Å²) < 4.78 is 1.87. The van der Waals surface area contributed by atoms with Gasteiger partial charge in [-0.1, -0.05) is 18.2 Å². The van der Waals surface area contributed by atoms with E-state index in [0.29, 0.717) is 11.3 Å². The van der Waals surface area contributed by atoms with Crippen LogP contribution in [0, 0.1) is 18.3 Å². The molecule has 0 radical (unpaired) electrons. The fourth-order valence-electron chi connectivity index (χ4n) is 2.41. The number of benzene rings is 2. The number of para-hydroxylation sites is 2. The third kappa shape index (κ3) is 2.67. The molecular weight excluding hydrogens is 276 g/mol. The zero-order valence-electron chi connectivity index (χ0n) is 12.1. The minimum absolute atomic E-state index is 0.152. The number of hydrogen-bond donors (Lipinski definition) is 1. The Balaban J connectivity index is 1.81. The summed E-state index contributed by atoms with van der Waals surface area (Å²) in [6, 6.07) is 16.6. The maximum Gasteiger partial charge on any atom is 0.244 e. The van der Waals surface area contributed by atoms with Crippen molar-refractivity contribution in [1.82, 2.24) is 9.55 Å². The Labute approximate surface area is 127 Å². The first-order valence-electron chi connectivity index (χ1n) is 6.89. The number of aromatic nitrogens is 2. The number of amides is 1. The van der Waals surface area contributed by atoms with Crippen molar-refractivity contribution in [2.75, 3.05) is 5.32 Å². The van der Waals surface area contributed by atoms with E-state index >= 15 is 0 Å². The zero-order chi connectivity index (χ0) is 15.5. The Hall–Kier alpha value is -3.13. The second kappa shape index (κ2) is 5.70. The van der Waals surface area contributed by atoms with Gasteiger partial charge in [0.25, 0.3) is 0 Å². The molecule has 1 heterocycles. The lowest BCUT2D eigenvalue weighted by Crippen LogP contribution is -2.19. The van der Waals surface area contributed by atoms with E-state index in [1.165, 1.54) is 0 Å². The fraction of sp³-hybridized carbons (Fsp3) is 0.118. The number of aryl methyl sites for hydroxylation is 1. The van der Waals surface area contributed by atoms with E-state index in [-0.39, 0.29) is 12.5 Å². The molecule has 1 N–H and O–H groups in total. The van der Waals surface area contributed by atoms with Gasteiger partial charge in [0.15, 0.2) is 0 Å². The van der Waals surface area contributed by atoms with E-state index in [1.807, 2.05) is 35.8 Å². The van der Waals surface area contributed by atoms with E-state index in [1.54, 1.807) is 24.3 Å². The third-order valence-electron chi connectivity index (χ3n) is 3.42. The molecule has 0 aliphatic rings. The largest absolute Gasteiger partial charge is 0.324 e. The van der Waals surface area contributed by atoms with Crippen LogP contribution in [-0.2, 0) is 11.3 Å². The van der Waals surface area contributed by atoms with E-state index in [9.17, 15) is 4.79 Å². The van der Waals surface area contributed by atoms with Crippen LogP contribution < -0.4 is 5.32 Å². The average molecular weight is 290 g/mol. The van der Waals surface area contributed by atoms with Gasteiger partial charge in [0.1, 0.15) is 12.4 Å². The van der Waals surface area contributed by atoms with E-state index < -0.39 is 0 Å². The summed E-state index contributed by atoms with van der Waals surface area (Å²) in [4.78, 5) is 16.7. The van der Waals surface area contributed by atoms with Gasteiger partial charge in [-0.05, 0) is 37.3 Å². The maximum atomic E-state index is 12.2. The Kier molecular flexibility index (Phi) is 3.58. The Morgan fingerprint density at radius 3 is 2.91 bits per heavy atom. The minimum atomic E-state index is -0.152. The van der Waals surface area contributed by atoms with Crippen LogP contribution in [0.1, 0.15) is 11.4 Å². The molecule has 0 unspecified atom stereocenters. The molecule has 0 saturated heterocycles. The number of carbonyl (C=O) groups excluding carboxylic acids is 1. The number of rotatable bonds is 3. The lowest BCUT2D eigenvalue weighted by atomic mass is 10.2. The number of fused-ring (bicyclic) bond motifs is 1. The van der Waals surface area contributed by atoms with Crippen LogP contribution in [0.3, 0.4) is 0 Å². The van der Waals surface area contributed by atoms with Crippen molar-refractivity contribution in [1.29, 1.82) is 5.26 Å². The van der Waals surface area contributed by atoms with E-state index in [0.717, 1.165) is 16.9 Å². The molecule has 0 aliphatic heterocycles. The highest BCUT2D eigenvalue weighted by Crippen LogP contribution is 2.16. The van der Waals surface area contributed by atoms with Gasteiger partial charge in [0.05, 0.1) is 22.7 Å². The highest BCUT2D eigenvalue weighted by Gasteiger charge is 2.10. The molecule has 0 fully saturated rings. The molecule has 108 valence electrons. The Morgan fingerprint density at radius 1 is 1.27 bits per heavy atom. The first-order valence-corrected chi connectivity index (χ1v) is 6.89. The Bertz CT molecular complexity index is 889. The smallest absolute Gasteiger partial charge is 0.244 e. The molecule has 0 saturated carbocycles. The quantitative estimate of drug-likeness (QED) is 0.806. The summed E-state index contributed by atoms with van der Waals surface area (Å²) >= 11 is 0. The molecule has 3 rings (SSSR count). The van der Waals surface area contributed by atoms with Crippen LogP contribution >= 0.6 is 0 Å². The standard InChI is InChI=1S/C17H14N4O/c1-12-19-15-7-2-3-8-16(15)21(12)11-17(22)20-14-6-4-5-13(9-14)10-18/h2-9H,11H2,1H3,(H,20,22). The average Bonchev–Trinajstić information content (AvgIpc) is 2.83. The van der Waals surface area contributed by atoms with Crippen molar-refractivity contribution < 1.29 is 4.79 Å². The Morgan fingerprint density at radius 2 is 2.09 bits per heavy atom. The van der Waals surface area contributed by atoms with Crippen LogP contribution in [0.5, 0.6) is 0 Å². The summed E-state index contributed by atoms with van der Waals surface area (Å²) in [5.41, 5.74) is 2.94. The van der Waals surface area contributed by atoms with Crippen LogP contribution in [-0.4, -0.2) is 15.5 Å². The second-order valence-corrected chi connectivity index (χ2v) is 4.97. The number of nitrogens with one attached hydrogen (secondary N) is 1. The van der Waals surface area contributed by atoms with Crippen molar-refractivity contribution in [3.63, 3.8) is 0 Å². The van der Waals surface area contributed by atoms with Gasteiger partial charge < -0.3 is 9.88 Å². The highest BCUT2D eigenvalue weighted by atomic mass is 16.1. The predicted molar refractivity (Wildman–Crippen MR) is 84.3 cm³/mol. The molecular formula is C17H14N4O. The lowest BCUT2D eigenvalue weighted by molar-refractivity contribution is -0.116. The molecule has 3 aromatic rings. The summed E-state index contributed by atoms with van der Waals surface area (Å²) in [6.07, 6.45) is 0. The number of carbonyl (C=O) groups is 1. The predicted octanol–water partition coefficient (Wildman–Crippen LogP) is 2.86. The minimum Gasteiger partial charge on any atom is -0.324 e. The normalized spacial score (nSPS) is 10.4. The molecule has 0 bridgehead atoms. The third-order valence-corrected chi connectivity index (χ3v) is 3.42. The van der Waals surface area contributed by atoms with E-state index in [2.05, 4.69) is 16.4 Å². The highest BCUT2D eigenvalue weighted by molar-refractivity contribution is 5.91. The van der Waals surface area contributed by atoms with Gasteiger partial charge in [-0.15, -0.1) is 0 Å². The van der Waals surface area contributed by atoms with Gasteiger partial charge in [-0.3, -0.25) is 4.79 Å². The molecule has 1 aromatic heterocycles. The van der Waals surface area contributed by atoms with Gasteiger partial charge in [-0.25, -0.2) is 4.98 Å². The maximum absolute atomic E-state index is 12.2. The van der Waals surface area contributed by atoms with Crippen LogP contribution in [0.25, 0.3) is 11.0 Å². The van der Waals surface area contributed by atoms with Crippen molar-refractivity contribution in [3.05, 3.63) is 59.9 Å². The molecule has 0 aliphatic carbocycles. The van der Waals surface area contributed by atoms with Crippen molar-refractivity contribution in [2.24, 2.45) is 0 Å². The summed E-state index contributed by atoms with van der Waals surface area (Å²) in [6.45, 7) is 2.06. The SMILES string of the molecule is Cc1nc2ccccc2n1CC(=O)Nc1cccc(C#N)c1. The van der Waals surface area contributed by atoms with Crippen LogP contribution in [0.4, 0.5) is 5.69 Å². The molecule has 0 spiro atoms. The molecule has 1 amide bonds. The molecule has 22 heavy (non-hydrogen) atoms. The first kappa shape index (κ1) is 13.8. The zero-order valence-corrected chi connectivity index (χ0v) is 12.1. The number of nitriles is 1. The van der Waals surface area contributed by atoms with Gasteiger partial charge in [-0.2, -0.15) is 5.26 Å². The lowest BCUT2D eigenvalue weighted by Gasteiger charge is -2.08. The van der Waals surface area contributed by atoms with Crippen molar-refractivity contribution >= 4 is 22.6 Å². The topological polar surface area (TPSA) is 70.7 Å². The van der Waals surface area contributed by atoms with Crippen molar-refractivity contribution in [3.8, 4) is 6.07 Å². The number of nitrogens with zero attached hydrogens (tertiary/aromatic N) is 3. The first-order chi connectivity index (χ1) is 10.7. The number of anilines is 1. The van der Waals surface area contributed by atoms with Gasteiger partial charge >= 0.3 is 0 Å². The number of imidazole rings is 1. The van der Waals surface area contributed by atoms with E-state index in [4.69, 9.17) is 5.26 Å².